The number of hydrogen-bond acceptors (Lipinski definition) is 4. The summed E-state index contributed by atoms with van der Waals surface area (Å²) in [7, 11) is 2.46. The van der Waals surface area contributed by atoms with Gasteiger partial charge in [0.25, 0.3) is 5.56 Å². The Hall–Kier alpha value is -2.67. The van der Waals surface area contributed by atoms with Crippen molar-refractivity contribution in [2.45, 2.75) is 11.4 Å². The zero-order valence-corrected chi connectivity index (χ0v) is 14.3. The van der Waals surface area contributed by atoms with Crippen molar-refractivity contribution >= 4 is 40.2 Å². The van der Waals surface area contributed by atoms with E-state index in [1.165, 1.54) is 22.9 Å². The van der Waals surface area contributed by atoms with Crippen LogP contribution in [-0.4, -0.2) is 33.4 Å². The highest BCUT2D eigenvalue weighted by Gasteiger charge is 2.10. The summed E-state index contributed by atoms with van der Waals surface area (Å²) in [6, 6.07) is 11.1. The topological polar surface area (TPSA) is 73.2 Å². The summed E-state index contributed by atoms with van der Waals surface area (Å²) in [6.07, 6.45) is 3.31. The van der Waals surface area contributed by atoms with Gasteiger partial charge in [-0.25, -0.2) is 8.42 Å². The van der Waals surface area contributed by atoms with Crippen molar-refractivity contribution in [3.63, 3.8) is 0 Å². The molecule has 0 unspecified atom stereocenters. The summed E-state index contributed by atoms with van der Waals surface area (Å²) in [6.45, 7) is 0.226. The first kappa shape index (κ1) is 17.2. The second-order valence-corrected chi connectivity index (χ2v) is 7.87. The fourth-order valence-corrected chi connectivity index (χ4v) is 3.32. The maximum Gasteiger partial charge on any atom is 0.258 e. The van der Waals surface area contributed by atoms with Gasteiger partial charge in [-0.05, 0) is 29.1 Å². The van der Waals surface area contributed by atoms with Gasteiger partial charge in [-0.15, -0.1) is 0 Å². The number of carbonyl (C=O) groups is 1. The number of carbonyl (C=O) groups excluding carboxylic acids is 1. The van der Waals surface area contributed by atoms with Crippen LogP contribution in [0.4, 0.5) is 0 Å². The van der Waals surface area contributed by atoms with Gasteiger partial charge in [0, 0.05) is 23.4 Å². The first-order valence-electron chi connectivity index (χ1n) is 7.46. The molecule has 0 amide bonds. The van der Waals surface area contributed by atoms with Gasteiger partial charge < -0.3 is 4.57 Å². The van der Waals surface area contributed by atoms with E-state index < -0.39 is 9.84 Å². The molecule has 3 rings (SSSR count). The minimum Gasteiger partial charge on any atom is -0.310 e. The van der Waals surface area contributed by atoms with Gasteiger partial charge in [0.05, 0.1) is 11.4 Å². The SMILES string of the molecule is [B]c1ccc2c(=O)n(Cc3ccc(S(C)(=O)=O)cc3)cc(C=O)c2c1. The number of benzene rings is 2. The average Bonchev–Trinajstić information content (AvgIpc) is 2.57. The molecule has 5 nitrogen and oxygen atoms in total. The van der Waals surface area contributed by atoms with E-state index in [-0.39, 0.29) is 17.0 Å². The lowest BCUT2D eigenvalue weighted by atomic mass is 9.93. The fraction of sp³-hybridized carbons (Fsp3) is 0.111. The lowest BCUT2D eigenvalue weighted by Gasteiger charge is -2.11. The van der Waals surface area contributed by atoms with E-state index in [4.69, 9.17) is 7.85 Å². The second-order valence-electron chi connectivity index (χ2n) is 5.86. The molecule has 1 aromatic heterocycles. The molecule has 124 valence electrons. The number of rotatable bonds is 4. The van der Waals surface area contributed by atoms with Crippen LogP contribution in [0.15, 0.2) is 58.4 Å². The van der Waals surface area contributed by atoms with E-state index in [0.717, 1.165) is 11.8 Å². The van der Waals surface area contributed by atoms with Crippen molar-refractivity contribution in [1.82, 2.24) is 4.57 Å². The number of pyridine rings is 1. The molecule has 0 saturated carbocycles. The van der Waals surface area contributed by atoms with Crippen molar-refractivity contribution < 1.29 is 13.2 Å². The van der Waals surface area contributed by atoms with Crippen molar-refractivity contribution in [3.8, 4) is 0 Å². The maximum absolute atomic E-state index is 12.6. The Kier molecular flexibility index (Phi) is 4.35. The number of aldehydes is 1. The number of fused-ring (bicyclic) bond motifs is 1. The number of aromatic nitrogens is 1. The molecule has 3 aromatic rings. The summed E-state index contributed by atoms with van der Waals surface area (Å²) in [5, 5.41) is 0.926. The number of hydrogen-bond donors (Lipinski definition) is 0. The number of nitrogens with zero attached hydrogens (tertiary/aromatic N) is 1. The Bertz CT molecular complexity index is 1130. The molecule has 0 aliphatic carbocycles. The van der Waals surface area contributed by atoms with Gasteiger partial charge in [0.15, 0.2) is 16.1 Å². The maximum atomic E-state index is 12.6. The molecule has 0 aliphatic rings. The largest absolute Gasteiger partial charge is 0.310 e. The van der Waals surface area contributed by atoms with E-state index in [1.54, 1.807) is 30.3 Å². The molecule has 0 fully saturated rings. The highest BCUT2D eigenvalue weighted by molar-refractivity contribution is 7.90. The molecular formula is C18H14BNO4S. The van der Waals surface area contributed by atoms with Gasteiger partial charge in [-0.3, -0.25) is 9.59 Å². The normalized spacial score (nSPS) is 11.6. The molecule has 0 atom stereocenters. The summed E-state index contributed by atoms with van der Waals surface area (Å²) in [5.41, 5.74) is 1.35. The van der Waals surface area contributed by atoms with Gasteiger partial charge in [-0.1, -0.05) is 29.7 Å². The van der Waals surface area contributed by atoms with Crippen molar-refractivity contribution in [2.24, 2.45) is 0 Å². The van der Waals surface area contributed by atoms with Gasteiger partial charge in [0.1, 0.15) is 7.85 Å². The Morgan fingerprint density at radius 3 is 2.36 bits per heavy atom. The van der Waals surface area contributed by atoms with Crippen LogP contribution in [0.5, 0.6) is 0 Å². The number of sulfone groups is 1. The zero-order valence-electron chi connectivity index (χ0n) is 13.5. The fourth-order valence-electron chi connectivity index (χ4n) is 2.69. The summed E-state index contributed by atoms with van der Waals surface area (Å²) in [5.74, 6) is 0. The van der Waals surface area contributed by atoms with Crippen molar-refractivity contribution in [1.29, 1.82) is 0 Å². The Labute approximate surface area is 146 Å². The van der Waals surface area contributed by atoms with Crippen molar-refractivity contribution in [2.75, 3.05) is 6.26 Å². The predicted octanol–water partition coefficient (Wildman–Crippen LogP) is 1.06. The van der Waals surface area contributed by atoms with E-state index in [1.807, 2.05) is 0 Å². The molecule has 0 spiro atoms. The van der Waals surface area contributed by atoms with Crippen molar-refractivity contribution in [3.05, 3.63) is 70.1 Å². The predicted molar refractivity (Wildman–Crippen MR) is 97.6 cm³/mol. The first-order valence-corrected chi connectivity index (χ1v) is 9.35. The standard InChI is InChI=1S/C18H14BNO4S/c1-25(23,24)15-5-2-12(3-6-15)9-20-10-13(11-21)17-8-14(19)4-7-16(17)18(20)22/h2-8,10-11H,9H2,1H3. The monoisotopic (exact) mass is 351 g/mol. The molecule has 0 bridgehead atoms. The summed E-state index contributed by atoms with van der Waals surface area (Å²) in [4.78, 5) is 24.2. The third kappa shape index (κ3) is 3.41. The highest BCUT2D eigenvalue weighted by atomic mass is 32.2. The zero-order chi connectivity index (χ0) is 18.2. The minimum atomic E-state index is -3.27. The van der Waals surface area contributed by atoms with Crippen LogP contribution < -0.4 is 11.0 Å². The van der Waals surface area contributed by atoms with Crippen LogP contribution >= 0.6 is 0 Å². The lowest BCUT2D eigenvalue weighted by Crippen LogP contribution is -2.22. The third-order valence-electron chi connectivity index (χ3n) is 3.97. The third-order valence-corrected chi connectivity index (χ3v) is 5.10. The van der Waals surface area contributed by atoms with E-state index in [2.05, 4.69) is 0 Å². The molecule has 7 heteroatoms. The molecule has 0 N–H and O–H groups in total. The van der Waals surface area contributed by atoms with Gasteiger partial charge in [-0.2, -0.15) is 0 Å². The molecular weight excluding hydrogens is 337 g/mol. The van der Waals surface area contributed by atoms with Crippen LogP contribution in [0.2, 0.25) is 0 Å². The Balaban J connectivity index is 2.07. The van der Waals surface area contributed by atoms with Crippen LogP contribution in [-0.2, 0) is 16.4 Å². The highest BCUT2D eigenvalue weighted by Crippen LogP contribution is 2.15. The molecule has 0 aliphatic heterocycles. The minimum absolute atomic E-state index is 0.214. The van der Waals surface area contributed by atoms with E-state index in [9.17, 15) is 18.0 Å². The summed E-state index contributed by atoms with van der Waals surface area (Å²) >= 11 is 0. The van der Waals surface area contributed by atoms with Crippen LogP contribution in [0.1, 0.15) is 15.9 Å². The average molecular weight is 351 g/mol. The summed E-state index contributed by atoms with van der Waals surface area (Å²) < 4.78 is 24.4. The van der Waals surface area contributed by atoms with Gasteiger partial charge >= 0.3 is 0 Å². The Morgan fingerprint density at radius 2 is 1.76 bits per heavy atom. The quantitative estimate of drug-likeness (QED) is 0.521. The molecule has 25 heavy (non-hydrogen) atoms. The van der Waals surface area contributed by atoms with E-state index in [0.29, 0.717) is 28.1 Å². The van der Waals surface area contributed by atoms with Gasteiger partial charge in [0.2, 0.25) is 0 Å². The van der Waals surface area contributed by atoms with Crippen LogP contribution in [0.3, 0.4) is 0 Å². The first-order chi connectivity index (χ1) is 11.8. The van der Waals surface area contributed by atoms with Crippen LogP contribution in [0, 0.1) is 0 Å². The molecule has 1 heterocycles. The molecule has 2 radical (unpaired) electrons. The molecule has 0 saturated heterocycles. The lowest BCUT2D eigenvalue weighted by molar-refractivity contribution is 0.112. The smallest absolute Gasteiger partial charge is 0.258 e. The second kappa shape index (κ2) is 6.33. The van der Waals surface area contributed by atoms with E-state index >= 15 is 0 Å². The molecule has 2 aromatic carbocycles. The Morgan fingerprint density at radius 1 is 1.08 bits per heavy atom. The van der Waals surface area contributed by atoms with Crippen LogP contribution in [0.25, 0.3) is 10.8 Å².